The predicted octanol–water partition coefficient (Wildman–Crippen LogP) is 3.69. The maximum atomic E-state index is 13.0. The minimum absolute atomic E-state index is 0.0106. The molecule has 1 N–H and O–H groups in total. The van der Waals surface area contributed by atoms with Crippen molar-refractivity contribution in [2.75, 3.05) is 6.79 Å². The van der Waals surface area contributed by atoms with Gasteiger partial charge in [-0.25, -0.2) is 4.79 Å². The number of carbonyl (C=O) groups is 2. The fourth-order valence-electron chi connectivity index (χ4n) is 3.09. The number of rotatable bonds is 3. The zero-order valence-electron chi connectivity index (χ0n) is 13.7. The van der Waals surface area contributed by atoms with Crippen LogP contribution in [-0.2, 0) is 16.9 Å². The molecule has 2 heterocycles. The highest BCUT2D eigenvalue weighted by atomic mass is 35.5. The Kier molecular flexibility index (Phi) is 3.97. The van der Waals surface area contributed by atoms with E-state index in [0.717, 1.165) is 4.90 Å². The van der Waals surface area contributed by atoms with Gasteiger partial charge < -0.3 is 14.8 Å². The number of nitrogens with one attached hydrogen (secondary N) is 1. The fourth-order valence-corrected chi connectivity index (χ4v) is 3.60. The lowest BCUT2D eigenvalue weighted by Gasteiger charge is -2.22. The number of nitrogens with zero attached hydrogens (tertiary/aromatic N) is 1. The molecule has 2 aliphatic rings. The average Bonchev–Trinajstić information content (AvgIpc) is 3.15. The number of imide groups is 1. The van der Waals surface area contributed by atoms with Crippen molar-refractivity contribution < 1.29 is 19.1 Å². The molecule has 0 unspecified atom stereocenters. The van der Waals surface area contributed by atoms with E-state index in [0.29, 0.717) is 32.7 Å². The molecule has 2 aliphatic heterocycles. The maximum Gasteiger partial charge on any atom is 0.325 e. The normalized spacial score (nSPS) is 21.3. The van der Waals surface area contributed by atoms with Gasteiger partial charge in [0.2, 0.25) is 6.79 Å². The van der Waals surface area contributed by atoms with Crippen LogP contribution in [0.3, 0.4) is 0 Å². The second-order valence-electron chi connectivity index (χ2n) is 6.21. The molecule has 0 bridgehead atoms. The summed E-state index contributed by atoms with van der Waals surface area (Å²) in [6.45, 7) is 1.77. The lowest BCUT2D eigenvalue weighted by atomic mass is 9.91. The van der Waals surface area contributed by atoms with Crippen molar-refractivity contribution in [2.24, 2.45) is 0 Å². The predicted molar refractivity (Wildman–Crippen MR) is 95.5 cm³/mol. The van der Waals surface area contributed by atoms with Crippen LogP contribution in [0.15, 0.2) is 36.4 Å². The Hall–Kier alpha value is -2.44. The largest absolute Gasteiger partial charge is 0.454 e. The SMILES string of the molecule is C[C@@]1(c2ccc3c(c2)OCO3)NC(=O)N(Cc2c(Cl)cccc2Cl)C1=O. The lowest BCUT2D eigenvalue weighted by Crippen LogP contribution is -2.40. The van der Waals surface area contributed by atoms with Crippen molar-refractivity contribution in [1.29, 1.82) is 0 Å². The summed E-state index contributed by atoms with van der Waals surface area (Å²) < 4.78 is 10.7. The number of urea groups is 1. The third-order valence-electron chi connectivity index (χ3n) is 4.60. The second kappa shape index (κ2) is 6.07. The summed E-state index contributed by atoms with van der Waals surface area (Å²) in [5.41, 5.74) is -0.0895. The van der Waals surface area contributed by atoms with Crippen molar-refractivity contribution in [3.63, 3.8) is 0 Å². The van der Waals surface area contributed by atoms with Gasteiger partial charge in [-0.15, -0.1) is 0 Å². The first-order valence-corrected chi connectivity index (χ1v) is 8.63. The Morgan fingerprint density at radius 3 is 2.54 bits per heavy atom. The highest BCUT2D eigenvalue weighted by molar-refractivity contribution is 6.36. The highest BCUT2D eigenvalue weighted by Gasteiger charge is 2.49. The molecule has 8 heteroatoms. The number of hydrogen-bond acceptors (Lipinski definition) is 4. The van der Waals surface area contributed by atoms with E-state index < -0.39 is 17.5 Å². The molecule has 0 aliphatic carbocycles. The number of hydrogen-bond donors (Lipinski definition) is 1. The number of benzene rings is 2. The van der Waals surface area contributed by atoms with Crippen LogP contribution in [0.2, 0.25) is 10.0 Å². The van der Waals surface area contributed by atoms with Crippen molar-refractivity contribution in [3.8, 4) is 11.5 Å². The van der Waals surface area contributed by atoms with Crippen LogP contribution >= 0.6 is 23.2 Å². The quantitative estimate of drug-likeness (QED) is 0.808. The molecular formula is C18H14Cl2N2O4. The molecule has 0 saturated carbocycles. The number of ether oxygens (including phenoxy) is 2. The van der Waals surface area contributed by atoms with Gasteiger partial charge in [-0.1, -0.05) is 35.3 Å². The first-order valence-electron chi connectivity index (χ1n) is 7.87. The molecule has 1 saturated heterocycles. The van der Waals surface area contributed by atoms with E-state index in [1.807, 2.05) is 0 Å². The van der Waals surface area contributed by atoms with Gasteiger partial charge in [0.05, 0.1) is 6.54 Å². The third kappa shape index (κ3) is 2.57. The van der Waals surface area contributed by atoms with Crippen molar-refractivity contribution in [2.45, 2.75) is 19.0 Å². The molecule has 1 fully saturated rings. The minimum Gasteiger partial charge on any atom is -0.454 e. The van der Waals surface area contributed by atoms with Gasteiger partial charge in [0, 0.05) is 15.6 Å². The summed E-state index contributed by atoms with van der Waals surface area (Å²) in [7, 11) is 0. The number of fused-ring (bicyclic) bond motifs is 1. The Labute approximate surface area is 159 Å². The van der Waals surface area contributed by atoms with E-state index in [1.165, 1.54) is 0 Å². The van der Waals surface area contributed by atoms with E-state index in [9.17, 15) is 9.59 Å². The summed E-state index contributed by atoms with van der Waals surface area (Å²) in [6, 6.07) is 9.68. The zero-order chi connectivity index (χ0) is 18.5. The molecule has 0 aromatic heterocycles. The molecular weight excluding hydrogens is 379 g/mol. The van der Waals surface area contributed by atoms with Gasteiger partial charge in [-0.2, -0.15) is 0 Å². The van der Waals surface area contributed by atoms with Crippen LogP contribution in [0, 0.1) is 0 Å². The van der Waals surface area contributed by atoms with Crippen LogP contribution in [-0.4, -0.2) is 23.6 Å². The summed E-state index contributed by atoms with van der Waals surface area (Å²) in [6.07, 6.45) is 0. The summed E-state index contributed by atoms with van der Waals surface area (Å²) in [5, 5.41) is 3.55. The van der Waals surface area contributed by atoms with Gasteiger partial charge in [-0.05, 0) is 36.8 Å². The Morgan fingerprint density at radius 2 is 1.81 bits per heavy atom. The first kappa shape index (κ1) is 17.0. The van der Waals surface area contributed by atoms with E-state index >= 15 is 0 Å². The summed E-state index contributed by atoms with van der Waals surface area (Å²) in [5.74, 6) is 0.754. The van der Waals surface area contributed by atoms with E-state index in [2.05, 4.69) is 5.32 Å². The van der Waals surface area contributed by atoms with Crippen LogP contribution in [0.5, 0.6) is 11.5 Å². The van der Waals surface area contributed by atoms with Gasteiger partial charge in [0.1, 0.15) is 5.54 Å². The number of amides is 3. The molecule has 2 aromatic carbocycles. The molecule has 134 valence electrons. The summed E-state index contributed by atoms with van der Waals surface area (Å²) in [4.78, 5) is 26.6. The average molecular weight is 393 g/mol. The molecule has 3 amide bonds. The monoisotopic (exact) mass is 392 g/mol. The fraction of sp³-hybridized carbons (Fsp3) is 0.222. The van der Waals surface area contributed by atoms with Crippen molar-refractivity contribution in [3.05, 3.63) is 57.6 Å². The smallest absolute Gasteiger partial charge is 0.325 e. The molecule has 0 spiro atoms. The maximum absolute atomic E-state index is 13.0. The molecule has 0 radical (unpaired) electrons. The standard InChI is InChI=1S/C18H14Cl2N2O4/c1-18(10-5-6-14-15(7-10)26-9-25-14)16(23)22(17(24)21-18)8-11-12(19)3-2-4-13(11)20/h2-7H,8-9H2,1H3,(H,21,24)/t18-/m0/s1. The van der Waals surface area contributed by atoms with E-state index in [-0.39, 0.29) is 13.3 Å². The topological polar surface area (TPSA) is 67.9 Å². The molecule has 26 heavy (non-hydrogen) atoms. The van der Waals surface area contributed by atoms with Crippen LogP contribution in [0.4, 0.5) is 4.79 Å². The highest BCUT2D eigenvalue weighted by Crippen LogP contribution is 2.38. The lowest BCUT2D eigenvalue weighted by molar-refractivity contribution is -0.131. The Morgan fingerprint density at radius 1 is 1.12 bits per heavy atom. The van der Waals surface area contributed by atoms with Gasteiger partial charge in [0.15, 0.2) is 11.5 Å². The molecule has 1 atom stereocenters. The van der Waals surface area contributed by atoms with Gasteiger partial charge in [-0.3, -0.25) is 9.69 Å². The molecule has 6 nitrogen and oxygen atoms in total. The second-order valence-corrected chi connectivity index (χ2v) is 7.03. The minimum atomic E-state index is -1.22. The van der Waals surface area contributed by atoms with Crippen LogP contribution in [0.25, 0.3) is 0 Å². The molecule has 4 rings (SSSR count). The van der Waals surface area contributed by atoms with E-state index in [1.54, 1.807) is 43.3 Å². The Balaban J connectivity index is 1.66. The van der Waals surface area contributed by atoms with Crippen LogP contribution < -0.4 is 14.8 Å². The third-order valence-corrected chi connectivity index (χ3v) is 5.31. The summed E-state index contributed by atoms with van der Waals surface area (Å²) >= 11 is 12.3. The Bertz CT molecular complexity index is 913. The zero-order valence-corrected chi connectivity index (χ0v) is 15.2. The number of carbonyl (C=O) groups excluding carboxylic acids is 2. The molecule has 2 aromatic rings. The number of halogens is 2. The van der Waals surface area contributed by atoms with Crippen LogP contribution in [0.1, 0.15) is 18.1 Å². The van der Waals surface area contributed by atoms with Gasteiger partial charge >= 0.3 is 6.03 Å². The van der Waals surface area contributed by atoms with Crippen molar-refractivity contribution >= 4 is 35.1 Å². The first-order chi connectivity index (χ1) is 12.4. The van der Waals surface area contributed by atoms with Crippen molar-refractivity contribution in [1.82, 2.24) is 10.2 Å². The van der Waals surface area contributed by atoms with E-state index in [4.69, 9.17) is 32.7 Å². The van der Waals surface area contributed by atoms with Gasteiger partial charge in [0.25, 0.3) is 5.91 Å².